The summed E-state index contributed by atoms with van der Waals surface area (Å²) in [5.74, 6) is -3.60. The van der Waals surface area contributed by atoms with E-state index in [4.69, 9.17) is 9.84 Å². The normalized spacial score (nSPS) is 18.9. The Hall–Kier alpha value is -3.08. The fourth-order valence-electron chi connectivity index (χ4n) is 3.86. The second-order valence-electron chi connectivity index (χ2n) is 7.50. The molecule has 8 nitrogen and oxygen atoms in total. The number of carboxylic acid groups (broad SMARTS) is 1. The molecular weight excluding hydrogens is 421 g/mol. The largest absolute Gasteiger partial charge is 0.511 e. The molecule has 3 N–H and O–H groups in total. The molecule has 31 heavy (non-hydrogen) atoms. The Morgan fingerprint density at radius 3 is 2.32 bits per heavy atom. The molecule has 2 aliphatic rings. The van der Waals surface area contributed by atoms with Crippen molar-refractivity contribution >= 4 is 17.8 Å². The SMILES string of the molecule is O=C(O)CNC(=O)C1=C(O)CC2(CCOCC2)N(Cc2ccc(C(F)(F)F)cc2)C1=O. The number of ether oxygens (including phenoxy) is 1. The third-order valence-corrected chi connectivity index (χ3v) is 5.49. The summed E-state index contributed by atoms with van der Waals surface area (Å²) in [6, 6.07) is 4.33. The second-order valence-corrected chi connectivity index (χ2v) is 7.50. The molecule has 2 heterocycles. The van der Waals surface area contributed by atoms with E-state index in [1.807, 2.05) is 0 Å². The number of nitrogens with zero attached hydrogens (tertiary/aromatic N) is 1. The van der Waals surface area contributed by atoms with Gasteiger partial charge in [-0.15, -0.1) is 0 Å². The number of aliphatic hydroxyl groups is 1. The number of rotatable bonds is 5. The van der Waals surface area contributed by atoms with E-state index in [2.05, 4.69) is 5.32 Å². The Morgan fingerprint density at radius 1 is 1.16 bits per heavy atom. The number of hydrogen-bond donors (Lipinski definition) is 3. The minimum Gasteiger partial charge on any atom is -0.511 e. The molecule has 1 fully saturated rings. The van der Waals surface area contributed by atoms with Crippen LogP contribution in [0.1, 0.15) is 30.4 Å². The van der Waals surface area contributed by atoms with E-state index in [9.17, 15) is 32.7 Å². The molecule has 1 spiro atoms. The van der Waals surface area contributed by atoms with Gasteiger partial charge in [0.05, 0.1) is 11.1 Å². The molecule has 2 aliphatic heterocycles. The van der Waals surface area contributed by atoms with Crippen molar-refractivity contribution in [3.8, 4) is 0 Å². The molecule has 1 aromatic carbocycles. The molecule has 0 aliphatic carbocycles. The highest BCUT2D eigenvalue weighted by molar-refractivity contribution is 6.19. The molecule has 0 aromatic heterocycles. The van der Waals surface area contributed by atoms with E-state index in [1.165, 1.54) is 17.0 Å². The molecule has 3 rings (SSSR count). The summed E-state index contributed by atoms with van der Waals surface area (Å²) in [5.41, 5.74) is -1.84. The fraction of sp³-hybridized carbons (Fsp3) is 0.450. The molecular formula is C20H21F3N2O6. The molecule has 0 bridgehead atoms. The number of halogens is 3. The molecule has 1 saturated heterocycles. The van der Waals surface area contributed by atoms with Crippen LogP contribution in [0, 0.1) is 0 Å². The van der Waals surface area contributed by atoms with Crippen LogP contribution >= 0.6 is 0 Å². The summed E-state index contributed by atoms with van der Waals surface area (Å²) in [6.07, 6.45) is -3.80. The summed E-state index contributed by atoms with van der Waals surface area (Å²) in [7, 11) is 0. The smallest absolute Gasteiger partial charge is 0.416 e. The van der Waals surface area contributed by atoms with Crippen molar-refractivity contribution in [2.75, 3.05) is 19.8 Å². The number of aliphatic carboxylic acids is 1. The number of carbonyl (C=O) groups excluding carboxylic acids is 2. The molecule has 0 saturated carbocycles. The predicted octanol–water partition coefficient (Wildman–Crippen LogP) is 2.00. The monoisotopic (exact) mass is 442 g/mol. The summed E-state index contributed by atoms with van der Waals surface area (Å²) in [6.45, 7) is -0.198. The number of alkyl halides is 3. The first-order chi connectivity index (χ1) is 14.5. The number of amides is 2. The van der Waals surface area contributed by atoms with Gasteiger partial charge in [-0.05, 0) is 30.5 Å². The van der Waals surface area contributed by atoms with Gasteiger partial charge in [-0.3, -0.25) is 14.4 Å². The Bertz CT molecular complexity index is 904. The lowest BCUT2D eigenvalue weighted by Gasteiger charge is -2.49. The number of carbonyl (C=O) groups is 3. The average Bonchev–Trinajstić information content (AvgIpc) is 2.70. The van der Waals surface area contributed by atoms with Crippen LogP contribution in [0.15, 0.2) is 35.6 Å². The Balaban J connectivity index is 1.92. The van der Waals surface area contributed by atoms with E-state index in [1.54, 1.807) is 0 Å². The van der Waals surface area contributed by atoms with Crippen LogP contribution in [0.3, 0.4) is 0 Å². The predicted molar refractivity (Wildman–Crippen MR) is 99.7 cm³/mol. The Labute approximate surface area is 175 Å². The first kappa shape index (κ1) is 22.6. The average molecular weight is 442 g/mol. The van der Waals surface area contributed by atoms with Crippen LogP contribution in [-0.2, 0) is 31.8 Å². The third kappa shape index (κ3) is 4.82. The van der Waals surface area contributed by atoms with E-state index in [0.29, 0.717) is 31.6 Å². The highest BCUT2D eigenvalue weighted by atomic mass is 19.4. The van der Waals surface area contributed by atoms with Crippen LogP contribution < -0.4 is 5.32 Å². The van der Waals surface area contributed by atoms with Crippen LogP contribution in [0.5, 0.6) is 0 Å². The van der Waals surface area contributed by atoms with Crippen molar-refractivity contribution in [3.63, 3.8) is 0 Å². The van der Waals surface area contributed by atoms with Gasteiger partial charge in [0.1, 0.15) is 17.9 Å². The summed E-state index contributed by atoms with van der Waals surface area (Å²) >= 11 is 0. The van der Waals surface area contributed by atoms with Crippen LogP contribution in [-0.4, -0.2) is 58.2 Å². The highest BCUT2D eigenvalue weighted by Crippen LogP contribution is 2.40. The van der Waals surface area contributed by atoms with Gasteiger partial charge in [-0.25, -0.2) is 0 Å². The minimum atomic E-state index is -4.49. The van der Waals surface area contributed by atoms with E-state index < -0.39 is 52.9 Å². The van der Waals surface area contributed by atoms with Crippen molar-refractivity contribution in [1.29, 1.82) is 0 Å². The Morgan fingerprint density at radius 2 is 1.77 bits per heavy atom. The van der Waals surface area contributed by atoms with Gasteiger partial charge < -0.3 is 25.2 Å². The van der Waals surface area contributed by atoms with Gasteiger partial charge in [0, 0.05) is 26.2 Å². The molecule has 168 valence electrons. The maximum absolute atomic E-state index is 13.2. The molecule has 0 atom stereocenters. The van der Waals surface area contributed by atoms with Crippen molar-refractivity contribution in [2.24, 2.45) is 0 Å². The lowest BCUT2D eigenvalue weighted by molar-refractivity contribution is -0.145. The molecule has 11 heteroatoms. The quantitative estimate of drug-likeness (QED) is 0.601. The molecule has 2 amide bonds. The van der Waals surface area contributed by atoms with E-state index in [-0.39, 0.29) is 13.0 Å². The molecule has 0 unspecified atom stereocenters. The van der Waals surface area contributed by atoms with Gasteiger partial charge in [0.2, 0.25) is 0 Å². The maximum atomic E-state index is 13.2. The van der Waals surface area contributed by atoms with Gasteiger partial charge in [-0.2, -0.15) is 13.2 Å². The van der Waals surface area contributed by atoms with Crippen molar-refractivity contribution < 1.29 is 42.5 Å². The van der Waals surface area contributed by atoms with Gasteiger partial charge in [-0.1, -0.05) is 12.1 Å². The standard InChI is InChI=1S/C20H21F3N2O6/c21-20(22,23)13-3-1-12(2-4-13)11-25-18(30)16(17(29)24-10-15(27)28)14(26)9-19(25)5-7-31-8-6-19/h1-4,26H,5-11H2,(H,24,29)(H,27,28). The summed E-state index contributed by atoms with van der Waals surface area (Å²) in [5, 5.41) is 21.3. The van der Waals surface area contributed by atoms with Crippen LogP contribution in [0.4, 0.5) is 13.2 Å². The topological polar surface area (TPSA) is 116 Å². The first-order valence-corrected chi connectivity index (χ1v) is 9.51. The number of benzene rings is 1. The minimum absolute atomic E-state index is 0.0431. The zero-order valence-electron chi connectivity index (χ0n) is 16.4. The van der Waals surface area contributed by atoms with Crippen LogP contribution in [0.2, 0.25) is 0 Å². The number of carboxylic acids is 1. The number of hydrogen-bond acceptors (Lipinski definition) is 5. The van der Waals surface area contributed by atoms with Crippen molar-refractivity contribution in [1.82, 2.24) is 10.2 Å². The number of aliphatic hydroxyl groups excluding tert-OH is 1. The van der Waals surface area contributed by atoms with Crippen molar-refractivity contribution in [2.45, 2.75) is 37.5 Å². The zero-order valence-corrected chi connectivity index (χ0v) is 16.4. The summed E-state index contributed by atoms with van der Waals surface area (Å²) < 4.78 is 43.9. The van der Waals surface area contributed by atoms with Gasteiger partial charge in [0.15, 0.2) is 0 Å². The lowest BCUT2D eigenvalue weighted by Crippen LogP contribution is -2.58. The summed E-state index contributed by atoms with van der Waals surface area (Å²) in [4.78, 5) is 37.6. The molecule has 1 aromatic rings. The van der Waals surface area contributed by atoms with Gasteiger partial charge >= 0.3 is 12.1 Å². The first-order valence-electron chi connectivity index (χ1n) is 9.51. The zero-order chi connectivity index (χ0) is 22.8. The Kier molecular flexibility index (Phi) is 6.25. The molecule has 0 radical (unpaired) electrons. The fourth-order valence-corrected chi connectivity index (χ4v) is 3.86. The van der Waals surface area contributed by atoms with Crippen molar-refractivity contribution in [3.05, 3.63) is 46.7 Å². The maximum Gasteiger partial charge on any atom is 0.416 e. The lowest BCUT2D eigenvalue weighted by atomic mass is 9.79. The van der Waals surface area contributed by atoms with Crippen LogP contribution in [0.25, 0.3) is 0 Å². The number of nitrogens with one attached hydrogen (secondary N) is 1. The third-order valence-electron chi connectivity index (χ3n) is 5.49. The van der Waals surface area contributed by atoms with Gasteiger partial charge in [0.25, 0.3) is 11.8 Å². The highest BCUT2D eigenvalue weighted by Gasteiger charge is 2.48. The van der Waals surface area contributed by atoms with E-state index in [0.717, 1.165) is 12.1 Å². The second kappa shape index (κ2) is 8.58. The van der Waals surface area contributed by atoms with E-state index >= 15 is 0 Å².